The largest absolute Gasteiger partial charge is 0.449 e. The molecule has 0 unspecified atom stereocenters. The van der Waals surface area contributed by atoms with Crippen LogP contribution < -0.4 is 9.47 Å². The molecular weight excluding hydrogens is 841 g/mol. The van der Waals surface area contributed by atoms with Crippen LogP contribution in [0.25, 0.3) is 88.5 Å². The van der Waals surface area contributed by atoms with Crippen LogP contribution >= 0.6 is 0 Å². The van der Waals surface area contributed by atoms with Gasteiger partial charge in [-0.2, -0.15) is 0 Å². The predicted octanol–water partition coefficient (Wildman–Crippen LogP) is 16.9. The Morgan fingerprint density at radius 3 is 1.52 bits per heavy atom. The maximum Gasteiger partial charge on any atom is 0.178 e. The lowest BCUT2D eigenvalue weighted by molar-refractivity contribution is 0.360. The molecule has 69 heavy (non-hydrogen) atoms. The van der Waals surface area contributed by atoms with E-state index in [1.165, 1.54) is 54.6 Å². The van der Waals surface area contributed by atoms with Crippen molar-refractivity contribution in [1.29, 1.82) is 0 Å². The Labute approximate surface area is 399 Å². The Bertz CT molecular complexity index is 3940. The third-order valence-electron chi connectivity index (χ3n) is 14.2. The lowest BCUT2D eigenvalue weighted by Gasteiger charge is -2.34. The molecule has 0 spiro atoms. The zero-order valence-corrected chi connectivity index (χ0v) is 37.3. The molecule has 322 valence electrons. The fourth-order valence-corrected chi connectivity index (χ4v) is 11.1. The summed E-state index contributed by atoms with van der Waals surface area (Å²) < 4.78 is 13.8. The third kappa shape index (κ3) is 6.09. The van der Waals surface area contributed by atoms with Gasteiger partial charge in [-0.15, -0.1) is 0 Å². The minimum Gasteiger partial charge on any atom is -0.449 e. The van der Waals surface area contributed by atoms with E-state index in [1.54, 1.807) is 0 Å². The highest BCUT2D eigenvalue weighted by atomic mass is 16.6. The molecule has 4 heteroatoms. The molecule has 14 rings (SSSR count). The molecular formula is C65H40N2O2. The van der Waals surface area contributed by atoms with E-state index in [9.17, 15) is 0 Å². The van der Waals surface area contributed by atoms with Gasteiger partial charge in [-0.3, -0.25) is 0 Å². The van der Waals surface area contributed by atoms with Gasteiger partial charge in [-0.25, -0.2) is 9.97 Å². The van der Waals surface area contributed by atoms with Crippen LogP contribution in [0.1, 0.15) is 22.3 Å². The number of hydrogen-bond donors (Lipinski definition) is 0. The summed E-state index contributed by atoms with van der Waals surface area (Å²) in [5.74, 6) is 3.44. The molecule has 0 radical (unpaired) electrons. The predicted molar refractivity (Wildman–Crippen MR) is 280 cm³/mol. The van der Waals surface area contributed by atoms with E-state index < -0.39 is 5.41 Å². The zero-order chi connectivity index (χ0) is 45.5. The number of hydrogen-bond acceptors (Lipinski definition) is 4. The van der Waals surface area contributed by atoms with Crippen LogP contribution in [0.2, 0.25) is 0 Å². The minimum atomic E-state index is -0.547. The maximum absolute atomic E-state index is 7.08. The lowest BCUT2D eigenvalue weighted by atomic mass is 9.68. The monoisotopic (exact) mass is 880 g/mol. The maximum atomic E-state index is 7.08. The summed E-state index contributed by atoms with van der Waals surface area (Å²) in [7, 11) is 0. The van der Waals surface area contributed by atoms with Crippen molar-refractivity contribution in [3.8, 4) is 79.2 Å². The van der Waals surface area contributed by atoms with E-state index in [-0.39, 0.29) is 0 Å². The van der Waals surface area contributed by atoms with Gasteiger partial charge in [0.05, 0.1) is 16.8 Å². The van der Waals surface area contributed by atoms with Crippen molar-refractivity contribution in [3.63, 3.8) is 0 Å². The van der Waals surface area contributed by atoms with Gasteiger partial charge in [0.15, 0.2) is 28.8 Å². The Kier molecular flexibility index (Phi) is 8.77. The van der Waals surface area contributed by atoms with Crippen LogP contribution in [0.3, 0.4) is 0 Å². The molecule has 1 aromatic heterocycles. The van der Waals surface area contributed by atoms with Crippen LogP contribution in [0.15, 0.2) is 243 Å². The van der Waals surface area contributed by atoms with Crippen molar-refractivity contribution < 1.29 is 9.47 Å². The van der Waals surface area contributed by atoms with E-state index in [4.69, 9.17) is 19.4 Å². The molecule has 0 saturated carbocycles. The number of ether oxygens (including phenoxy) is 2. The minimum absolute atomic E-state index is 0.547. The highest BCUT2D eigenvalue weighted by Crippen LogP contribution is 2.62. The number of fused-ring (bicyclic) bond motifs is 12. The fraction of sp³-hybridized carbons (Fsp3) is 0.0154. The molecule has 0 saturated heterocycles. The van der Waals surface area contributed by atoms with Crippen LogP contribution in [-0.4, -0.2) is 9.97 Å². The number of nitrogens with zero attached hydrogens (tertiary/aromatic N) is 2. The van der Waals surface area contributed by atoms with Gasteiger partial charge in [-0.05, 0) is 108 Å². The van der Waals surface area contributed by atoms with E-state index in [0.29, 0.717) is 23.1 Å². The molecule has 0 N–H and O–H groups in total. The molecule has 12 aromatic rings. The van der Waals surface area contributed by atoms with Crippen molar-refractivity contribution in [1.82, 2.24) is 9.97 Å². The topological polar surface area (TPSA) is 44.2 Å². The summed E-state index contributed by atoms with van der Waals surface area (Å²) in [6, 6.07) is 86.0. The van der Waals surface area contributed by atoms with Gasteiger partial charge < -0.3 is 9.47 Å². The summed E-state index contributed by atoms with van der Waals surface area (Å²) in [4.78, 5) is 10.5. The van der Waals surface area contributed by atoms with Gasteiger partial charge >= 0.3 is 0 Å². The summed E-state index contributed by atoms with van der Waals surface area (Å²) in [5.41, 5.74) is 13.1. The van der Waals surface area contributed by atoms with E-state index >= 15 is 0 Å². The van der Waals surface area contributed by atoms with Gasteiger partial charge in [0.25, 0.3) is 0 Å². The second-order valence-corrected chi connectivity index (χ2v) is 18.0. The Hall–Kier alpha value is -9.12. The van der Waals surface area contributed by atoms with Gasteiger partial charge in [-0.1, -0.05) is 206 Å². The number of aromatic nitrogens is 2. The molecule has 1 aliphatic heterocycles. The molecule has 2 aliphatic rings. The van der Waals surface area contributed by atoms with Gasteiger partial charge in [0, 0.05) is 22.3 Å². The normalized spacial score (nSPS) is 13.0. The van der Waals surface area contributed by atoms with Crippen molar-refractivity contribution in [3.05, 3.63) is 265 Å². The smallest absolute Gasteiger partial charge is 0.178 e. The average molecular weight is 881 g/mol. The van der Waals surface area contributed by atoms with Crippen LogP contribution in [0, 0.1) is 0 Å². The summed E-state index contributed by atoms with van der Waals surface area (Å²) in [6.45, 7) is 0. The molecule has 1 aliphatic carbocycles. The van der Waals surface area contributed by atoms with Crippen molar-refractivity contribution in [2.24, 2.45) is 0 Å². The van der Waals surface area contributed by atoms with Gasteiger partial charge in [0.1, 0.15) is 0 Å². The first kappa shape index (κ1) is 39.1. The molecule has 0 fully saturated rings. The highest BCUT2D eigenvalue weighted by molar-refractivity contribution is 6.25. The lowest BCUT2D eigenvalue weighted by Crippen LogP contribution is -2.28. The Morgan fingerprint density at radius 2 is 0.826 bits per heavy atom. The average Bonchev–Trinajstić information content (AvgIpc) is 3.74. The summed E-state index contributed by atoms with van der Waals surface area (Å²) in [5, 5.41) is 7.40. The SMILES string of the molecule is c1ccc(-c2nc(-c3cccc(-c4ccc5c(c4)Oc4c(ccc6c4-c4ccccc4C6(c4ccccc4)c4ccccc4)O5)c3)cc(-c3ccc4c5ccccc5c5ccccc5c4c3)n2)cc1. The summed E-state index contributed by atoms with van der Waals surface area (Å²) in [6.07, 6.45) is 0. The standard InChI is InChI=1S/C65H40N2O2/c1-4-17-41(18-5-1)64-66-57(40-58(67-64)45-31-33-52-50-27-11-10-25-48(50)49-26-12-13-28-51(49)54(52)38-45)44-20-16-19-42(37-44)43-32-35-59-61(39-43)69-63-60(68-59)36-34-56-62(63)53-29-14-15-30-55(53)65(56,46-21-6-2-7-22-46)47-23-8-3-9-24-47/h1-40H. The van der Waals surface area contributed by atoms with Crippen molar-refractivity contribution >= 4 is 32.3 Å². The molecule has 0 amide bonds. The molecule has 0 atom stereocenters. The molecule has 2 heterocycles. The zero-order valence-electron chi connectivity index (χ0n) is 37.3. The molecule has 4 nitrogen and oxygen atoms in total. The summed E-state index contributed by atoms with van der Waals surface area (Å²) >= 11 is 0. The van der Waals surface area contributed by atoms with E-state index in [1.807, 2.05) is 24.3 Å². The highest BCUT2D eigenvalue weighted by Gasteiger charge is 2.48. The van der Waals surface area contributed by atoms with E-state index in [0.717, 1.165) is 56.1 Å². The van der Waals surface area contributed by atoms with Crippen LogP contribution in [-0.2, 0) is 5.41 Å². The van der Waals surface area contributed by atoms with Crippen LogP contribution in [0.5, 0.6) is 23.0 Å². The Balaban J connectivity index is 0.871. The van der Waals surface area contributed by atoms with Crippen molar-refractivity contribution in [2.75, 3.05) is 0 Å². The first-order valence-electron chi connectivity index (χ1n) is 23.5. The van der Waals surface area contributed by atoms with Crippen LogP contribution in [0.4, 0.5) is 0 Å². The third-order valence-corrected chi connectivity index (χ3v) is 14.2. The Morgan fingerprint density at radius 1 is 0.304 bits per heavy atom. The number of rotatable bonds is 6. The first-order chi connectivity index (χ1) is 34.2. The molecule has 0 bridgehead atoms. The number of benzene rings is 11. The fourth-order valence-electron chi connectivity index (χ4n) is 11.1. The van der Waals surface area contributed by atoms with E-state index in [2.05, 4.69) is 218 Å². The van der Waals surface area contributed by atoms with Crippen molar-refractivity contribution in [2.45, 2.75) is 5.41 Å². The molecule has 11 aromatic carbocycles. The first-order valence-corrected chi connectivity index (χ1v) is 23.5. The quantitative estimate of drug-likeness (QED) is 0.156. The second-order valence-electron chi connectivity index (χ2n) is 18.0. The van der Waals surface area contributed by atoms with Gasteiger partial charge in [0.2, 0.25) is 0 Å². The second kappa shape index (κ2) is 15.5.